The second-order valence-electron chi connectivity index (χ2n) is 7.92. The van der Waals surface area contributed by atoms with Gasteiger partial charge in [0.1, 0.15) is 11.5 Å². The summed E-state index contributed by atoms with van der Waals surface area (Å²) in [5, 5.41) is 3.62. The fourth-order valence-corrected chi connectivity index (χ4v) is 3.65. The van der Waals surface area contributed by atoms with Crippen molar-refractivity contribution < 1.29 is 4.74 Å². The number of nitrogens with zero attached hydrogens (tertiary/aromatic N) is 3. The van der Waals surface area contributed by atoms with Crippen molar-refractivity contribution in [2.45, 2.75) is 19.5 Å². The molecule has 2 aromatic carbocycles. The van der Waals surface area contributed by atoms with Crippen molar-refractivity contribution in [3.63, 3.8) is 0 Å². The van der Waals surface area contributed by atoms with Crippen LogP contribution in [0.15, 0.2) is 73.1 Å². The highest BCUT2D eigenvalue weighted by atomic mass is 16.5. The summed E-state index contributed by atoms with van der Waals surface area (Å²) >= 11 is 0. The lowest BCUT2D eigenvalue weighted by atomic mass is 10.1. The Morgan fingerprint density at radius 3 is 2.33 bits per heavy atom. The quantitative estimate of drug-likeness (QED) is 0.631. The number of anilines is 1. The van der Waals surface area contributed by atoms with Gasteiger partial charge in [0.2, 0.25) is 0 Å². The molecule has 2 heterocycles. The molecule has 0 saturated carbocycles. The Kier molecular flexibility index (Phi) is 6.62. The van der Waals surface area contributed by atoms with Crippen molar-refractivity contribution in [2.24, 2.45) is 0 Å². The number of ether oxygens (including phenoxy) is 1. The van der Waals surface area contributed by atoms with Gasteiger partial charge >= 0.3 is 0 Å². The van der Waals surface area contributed by atoms with Crippen LogP contribution in [0.1, 0.15) is 24.1 Å². The highest BCUT2D eigenvalue weighted by Crippen LogP contribution is 2.23. The molecule has 156 valence electrons. The molecule has 1 N–H and O–H groups in total. The van der Waals surface area contributed by atoms with E-state index in [1.807, 2.05) is 24.3 Å². The molecule has 4 rings (SSSR count). The first-order chi connectivity index (χ1) is 14.7. The van der Waals surface area contributed by atoms with Gasteiger partial charge in [0, 0.05) is 50.6 Å². The van der Waals surface area contributed by atoms with E-state index in [1.165, 1.54) is 16.8 Å². The van der Waals surface area contributed by atoms with E-state index in [4.69, 9.17) is 4.74 Å². The van der Waals surface area contributed by atoms with Crippen LogP contribution < -0.4 is 15.0 Å². The van der Waals surface area contributed by atoms with Crippen LogP contribution in [0.25, 0.3) is 0 Å². The van der Waals surface area contributed by atoms with Crippen LogP contribution in [0, 0.1) is 0 Å². The number of rotatable bonds is 7. The molecule has 3 aromatic rings. The summed E-state index contributed by atoms with van der Waals surface area (Å²) < 4.78 is 5.82. The molecule has 0 bridgehead atoms. The first-order valence-electron chi connectivity index (χ1n) is 10.6. The summed E-state index contributed by atoms with van der Waals surface area (Å²) in [4.78, 5) is 8.92. The predicted molar refractivity (Wildman–Crippen MR) is 122 cm³/mol. The van der Waals surface area contributed by atoms with Gasteiger partial charge in [-0.2, -0.15) is 0 Å². The molecule has 1 saturated heterocycles. The van der Waals surface area contributed by atoms with Crippen molar-refractivity contribution in [1.29, 1.82) is 0 Å². The molecule has 1 fully saturated rings. The maximum atomic E-state index is 5.82. The minimum atomic E-state index is 0.259. The van der Waals surface area contributed by atoms with Crippen LogP contribution in [-0.4, -0.2) is 43.1 Å². The molecular weight excluding hydrogens is 372 g/mol. The lowest BCUT2D eigenvalue weighted by Crippen LogP contribution is -2.44. The summed E-state index contributed by atoms with van der Waals surface area (Å²) in [5.41, 5.74) is 3.86. The number of likely N-dealkylation sites (N-methyl/N-ethyl adjacent to an activating group) is 1. The van der Waals surface area contributed by atoms with Crippen molar-refractivity contribution in [1.82, 2.24) is 15.2 Å². The molecule has 0 radical (unpaired) electrons. The first kappa shape index (κ1) is 20.4. The number of hydrogen-bond donors (Lipinski definition) is 1. The molecule has 1 aromatic heterocycles. The zero-order valence-corrected chi connectivity index (χ0v) is 17.8. The van der Waals surface area contributed by atoms with Crippen molar-refractivity contribution in [3.8, 4) is 11.5 Å². The van der Waals surface area contributed by atoms with E-state index in [9.17, 15) is 0 Å². The van der Waals surface area contributed by atoms with Crippen LogP contribution in [0.3, 0.4) is 0 Å². The van der Waals surface area contributed by atoms with Crippen LogP contribution in [0.5, 0.6) is 11.5 Å². The van der Waals surface area contributed by atoms with Crippen molar-refractivity contribution in [2.75, 3.05) is 38.1 Å². The second-order valence-corrected chi connectivity index (χ2v) is 7.92. The maximum Gasteiger partial charge on any atom is 0.145 e. The number of benzene rings is 2. The molecule has 1 aliphatic rings. The molecule has 30 heavy (non-hydrogen) atoms. The van der Waals surface area contributed by atoms with E-state index in [2.05, 4.69) is 70.5 Å². The fraction of sp³-hybridized carbons (Fsp3) is 0.320. The summed E-state index contributed by atoms with van der Waals surface area (Å²) in [5.74, 6) is 1.56. The molecule has 1 unspecified atom stereocenters. The lowest BCUT2D eigenvalue weighted by molar-refractivity contribution is 0.313. The van der Waals surface area contributed by atoms with E-state index < -0.39 is 0 Å². The third-order valence-corrected chi connectivity index (χ3v) is 5.67. The minimum Gasteiger partial charge on any atom is -0.456 e. The molecule has 1 aliphatic heterocycles. The topological polar surface area (TPSA) is 40.6 Å². The zero-order chi connectivity index (χ0) is 20.8. The normalized spacial score (nSPS) is 15.7. The molecule has 5 nitrogen and oxygen atoms in total. The predicted octanol–water partition coefficient (Wildman–Crippen LogP) is 4.48. The van der Waals surface area contributed by atoms with Crippen LogP contribution >= 0.6 is 0 Å². The molecular formula is C25H30N4O. The third-order valence-electron chi connectivity index (χ3n) is 5.67. The van der Waals surface area contributed by atoms with E-state index in [1.54, 1.807) is 12.4 Å². The third kappa shape index (κ3) is 5.38. The SMILES string of the molecule is CC(NCc1ccc(N2CCN(C)CC2)cc1)c1ccc(Oc2cccnc2)cc1. The summed E-state index contributed by atoms with van der Waals surface area (Å²) in [6.07, 6.45) is 3.45. The molecule has 1 atom stereocenters. The Morgan fingerprint density at radius 1 is 0.933 bits per heavy atom. The number of piperazine rings is 1. The Morgan fingerprint density at radius 2 is 1.67 bits per heavy atom. The van der Waals surface area contributed by atoms with E-state index in [0.717, 1.165) is 44.2 Å². The summed E-state index contributed by atoms with van der Waals surface area (Å²) in [6.45, 7) is 7.50. The van der Waals surface area contributed by atoms with Gasteiger partial charge in [-0.15, -0.1) is 0 Å². The summed E-state index contributed by atoms with van der Waals surface area (Å²) in [7, 11) is 2.19. The van der Waals surface area contributed by atoms with Crippen LogP contribution in [0.2, 0.25) is 0 Å². The van der Waals surface area contributed by atoms with Gasteiger partial charge in [-0.05, 0) is 61.5 Å². The van der Waals surface area contributed by atoms with E-state index in [0.29, 0.717) is 0 Å². The fourth-order valence-electron chi connectivity index (χ4n) is 3.65. The van der Waals surface area contributed by atoms with Gasteiger partial charge in [-0.3, -0.25) is 4.98 Å². The Bertz CT molecular complexity index is 904. The molecule has 5 heteroatoms. The highest BCUT2D eigenvalue weighted by molar-refractivity contribution is 5.48. The number of nitrogens with one attached hydrogen (secondary N) is 1. The molecule has 0 spiro atoms. The lowest BCUT2D eigenvalue weighted by Gasteiger charge is -2.34. The summed E-state index contributed by atoms with van der Waals surface area (Å²) in [6, 6.07) is 21.2. The highest BCUT2D eigenvalue weighted by Gasteiger charge is 2.14. The van der Waals surface area contributed by atoms with E-state index >= 15 is 0 Å². The average molecular weight is 403 g/mol. The van der Waals surface area contributed by atoms with Crippen molar-refractivity contribution in [3.05, 3.63) is 84.2 Å². The Balaban J connectivity index is 1.28. The Labute approximate surface area is 179 Å². The zero-order valence-electron chi connectivity index (χ0n) is 17.8. The van der Waals surface area contributed by atoms with Gasteiger partial charge in [-0.25, -0.2) is 0 Å². The van der Waals surface area contributed by atoms with Crippen molar-refractivity contribution >= 4 is 5.69 Å². The average Bonchev–Trinajstić information content (AvgIpc) is 2.80. The minimum absolute atomic E-state index is 0.259. The largest absolute Gasteiger partial charge is 0.456 e. The van der Waals surface area contributed by atoms with Gasteiger partial charge in [0.25, 0.3) is 0 Å². The van der Waals surface area contributed by atoms with Gasteiger partial charge in [-0.1, -0.05) is 24.3 Å². The Hall–Kier alpha value is -2.89. The number of hydrogen-bond acceptors (Lipinski definition) is 5. The monoisotopic (exact) mass is 402 g/mol. The van der Waals surface area contributed by atoms with Crippen LogP contribution in [0.4, 0.5) is 5.69 Å². The maximum absolute atomic E-state index is 5.82. The van der Waals surface area contributed by atoms with Crippen LogP contribution in [-0.2, 0) is 6.54 Å². The van der Waals surface area contributed by atoms with E-state index in [-0.39, 0.29) is 6.04 Å². The number of pyridine rings is 1. The molecule has 0 aliphatic carbocycles. The first-order valence-corrected chi connectivity index (χ1v) is 10.6. The number of aromatic nitrogens is 1. The van der Waals surface area contributed by atoms with Gasteiger partial charge < -0.3 is 19.9 Å². The smallest absolute Gasteiger partial charge is 0.145 e. The molecule has 0 amide bonds. The standard InChI is InChI=1S/C25H30N4O/c1-20(22-7-11-24(12-8-22)30-25-4-3-13-26-19-25)27-18-21-5-9-23(10-6-21)29-16-14-28(2)15-17-29/h3-13,19-20,27H,14-18H2,1-2H3. The van der Waals surface area contributed by atoms with Gasteiger partial charge in [0.15, 0.2) is 0 Å². The van der Waals surface area contributed by atoms with Gasteiger partial charge in [0.05, 0.1) is 6.20 Å². The second kappa shape index (κ2) is 9.74.